The summed E-state index contributed by atoms with van der Waals surface area (Å²) in [5.74, 6) is 0. The minimum atomic E-state index is -0.568. The molecule has 1 aromatic heterocycles. The lowest BCUT2D eigenvalue weighted by Gasteiger charge is -2.11. The zero-order valence-corrected chi connectivity index (χ0v) is 12.0. The molecule has 3 heteroatoms. The molecule has 0 aliphatic heterocycles. The summed E-state index contributed by atoms with van der Waals surface area (Å²) >= 11 is 0. The Morgan fingerprint density at radius 2 is 1.76 bits per heavy atom. The number of aliphatic hydroxyl groups is 1. The topological polar surface area (TPSA) is 48.9 Å². The first kappa shape index (κ1) is 13.6. The average Bonchev–Trinajstić information content (AvgIpc) is 3.00. The van der Waals surface area contributed by atoms with Crippen LogP contribution in [-0.2, 0) is 6.42 Å². The number of hydrogen-bond donors (Lipinski definition) is 2. The monoisotopic (exact) mass is 278 g/mol. The Hall–Kier alpha value is -2.39. The molecule has 0 fully saturated rings. The number of aromatic amines is 1. The number of rotatable bonds is 4. The summed E-state index contributed by atoms with van der Waals surface area (Å²) in [5, 5.41) is 17.6. The highest BCUT2D eigenvalue weighted by Gasteiger charge is 2.16. The van der Waals surface area contributed by atoms with E-state index in [1.807, 2.05) is 30.3 Å². The lowest BCUT2D eigenvalue weighted by Crippen LogP contribution is -2.02. The molecule has 1 atom stereocenters. The fourth-order valence-corrected chi connectivity index (χ4v) is 2.44. The molecule has 3 rings (SSSR count). The fourth-order valence-electron chi connectivity index (χ4n) is 2.44. The van der Waals surface area contributed by atoms with Gasteiger partial charge in [0.25, 0.3) is 0 Å². The molecule has 21 heavy (non-hydrogen) atoms. The van der Waals surface area contributed by atoms with Gasteiger partial charge >= 0.3 is 0 Å². The van der Waals surface area contributed by atoms with Crippen molar-refractivity contribution in [1.82, 2.24) is 10.2 Å². The van der Waals surface area contributed by atoms with Gasteiger partial charge in [-0.05, 0) is 18.1 Å². The second-order valence-corrected chi connectivity index (χ2v) is 5.27. The van der Waals surface area contributed by atoms with Crippen molar-refractivity contribution in [2.24, 2.45) is 0 Å². The van der Waals surface area contributed by atoms with Gasteiger partial charge in [-0.15, -0.1) is 0 Å². The maximum atomic E-state index is 10.5. The smallest absolute Gasteiger partial charge is 0.0867 e. The average molecular weight is 278 g/mol. The van der Waals surface area contributed by atoms with Gasteiger partial charge in [0.15, 0.2) is 0 Å². The molecule has 2 N–H and O–H groups in total. The number of nitrogens with one attached hydrogen (secondary N) is 1. The van der Waals surface area contributed by atoms with Crippen LogP contribution >= 0.6 is 0 Å². The number of hydrogen-bond acceptors (Lipinski definition) is 2. The van der Waals surface area contributed by atoms with Gasteiger partial charge < -0.3 is 5.11 Å². The van der Waals surface area contributed by atoms with Crippen LogP contribution in [0, 0.1) is 6.92 Å². The van der Waals surface area contributed by atoms with Crippen molar-refractivity contribution in [3.8, 4) is 11.3 Å². The quantitative estimate of drug-likeness (QED) is 0.765. The zero-order valence-electron chi connectivity index (χ0n) is 12.0. The Morgan fingerprint density at radius 3 is 2.48 bits per heavy atom. The van der Waals surface area contributed by atoms with Crippen LogP contribution in [0.25, 0.3) is 11.3 Å². The van der Waals surface area contributed by atoms with Crippen LogP contribution in [0.15, 0.2) is 60.8 Å². The highest BCUT2D eigenvalue weighted by atomic mass is 16.3. The van der Waals surface area contributed by atoms with Gasteiger partial charge in [0.1, 0.15) is 0 Å². The summed E-state index contributed by atoms with van der Waals surface area (Å²) in [6.07, 6.45) is 1.72. The fraction of sp³-hybridized carbons (Fsp3) is 0.167. The van der Waals surface area contributed by atoms with Crippen LogP contribution in [0.3, 0.4) is 0 Å². The molecule has 0 aliphatic rings. The first-order chi connectivity index (χ1) is 10.2. The molecule has 106 valence electrons. The molecular formula is C18H18N2O. The van der Waals surface area contributed by atoms with E-state index in [9.17, 15) is 5.11 Å². The number of benzene rings is 2. The summed E-state index contributed by atoms with van der Waals surface area (Å²) in [5.41, 5.74) is 5.10. The Labute approximate surface area is 124 Å². The molecule has 0 aliphatic carbocycles. The largest absolute Gasteiger partial charge is 0.388 e. The summed E-state index contributed by atoms with van der Waals surface area (Å²) in [7, 11) is 0. The van der Waals surface area contributed by atoms with Gasteiger partial charge in [0, 0.05) is 12.0 Å². The number of H-pyrrole nitrogens is 1. The molecular weight excluding hydrogens is 260 g/mol. The summed E-state index contributed by atoms with van der Waals surface area (Å²) < 4.78 is 0. The normalized spacial score (nSPS) is 12.3. The van der Waals surface area contributed by atoms with Gasteiger partial charge in [-0.2, -0.15) is 5.10 Å². The SMILES string of the molecule is Cc1ccc(CC(O)c2cn[nH]c2-c2ccccc2)cc1. The van der Waals surface area contributed by atoms with Crippen LogP contribution in [0.1, 0.15) is 22.8 Å². The van der Waals surface area contributed by atoms with Crippen LogP contribution in [0.2, 0.25) is 0 Å². The molecule has 0 bridgehead atoms. The lowest BCUT2D eigenvalue weighted by atomic mass is 9.98. The maximum Gasteiger partial charge on any atom is 0.0867 e. The third kappa shape index (κ3) is 3.03. The van der Waals surface area contributed by atoms with Crippen molar-refractivity contribution in [3.63, 3.8) is 0 Å². The van der Waals surface area contributed by atoms with Gasteiger partial charge in [-0.3, -0.25) is 5.10 Å². The van der Waals surface area contributed by atoms with E-state index in [0.717, 1.165) is 22.4 Å². The van der Waals surface area contributed by atoms with E-state index in [4.69, 9.17) is 0 Å². The number of nitrogens with zero attached hydrogens (tertiary/aromatic N) is 1. The lowest BCUT2D eigenvalue weighted by molar-refractivity contribution is 0.179. The molecule has 0 radical (unpaired) electrons. The molecule has 0 saturated heterocycles. The number of aryl methyl sites for hydroxylation is 1. The van der Waals surface area contributed by atoms with Crippen molar-refractivity contribution in [2.45, 2.75) is 19.4 Å². The molecule has 0 spiro atoms. The van der Waals surface area contributed by atoms with E-state index in [1.165, 1.54) is 5.56 Å². The van der Waals surface area contributed by atoms with Crippen molar-refractivity contribution in [3.05, 3.63) is 77.5 Å². The van der Waals surface area contributed by atoms with E-state index in [2.05, 4.69) is 41.4 Å². The van der Waals surface area contributed by atoms with Crippen molar-refractivity contribution in [2.75, 3.05) is 0 Å². The first-order valence-corrected chi connectivity index (χ1v) is 7.06. The highest BCUT2D eigenvalue weighted by Crippen LogP contribution is 2.27. The molecule has 3 aromatic rings. The minimum Gasteiger partial charge on any atom is -0.388 e. The van der Waals surface area contributed by atoms with Crippen LogP contribution in [0.5, 0.6) is 0 Å². The predicted molar refractivity (Wildman–Crippen MR) is 83.9 cm³/mol. The standard InChI is InChI=1S/C18H18N2O/c1-13-7-9-14(10-8-13)11-17(21)16-12-19-20-18(16)15-5-3-2-4-6-15/h2-10,12,17,21H,11H2,1H3,(H,19,20). The maximum absolute atomic E-state index is 10.5. The predicted octanol–water partition coefficient (Wildman–Crippen LogP) is 3.66. The van der Waals surface area contributed by atoms with Crippen LogP contribution in [0.4, 0.5) is 0 Å². The zero-order chi connectivity index (χ0) is 14.7. The van der Waals surface area contributed by atoms with Crippen molar-refractivity contribution < 1.29 is 5.11 Å². The van der Waals surface area contributed by atoms with Crippen LogP contribution < -0.4 is 0 Å². The summed E-state index contributed by atoms with van der Waals surface area (Å²) in [4.78, 5) is 0. The number of aliphatic hydroxyl groups excluding tert-OH is 1. The van der Waals surface area contributed by atoms with Crippen LogP contribution in [-0.4, -0.2) is 15.3 Å². The summed E-state index contributed by atoms with van der Waals surface area (Å²) in [6, 6.07) is 18.2. The first-order valence-electron chi connectivity index (χ1n) is 7.06. The molecule has 1 heterocycles. The van der Waals surface area contributed by atoms with Crippen molar-refractivity contribution in [1.29, 1.82) is 0 Å². The summed E-state index contributed by atoms with van der Waals surface area (Å²) in [6.45, 7) is 2.06. The van der Waals surface area contributed by atoms with E-state index in [-0.39, 0.29) is 0 Å². The second kappa shape index (κ2) is 5.94. The van der Waals surface area contributed by atoms with E-state index in [0.29, 0.717) is 6.42 Å². The van der Waals surface area contributed by atoms with Gasteiger partial charge in [0.2, 0.25) is 0 Å². The molecule has 1 unspecified atom stereocenters. The molecule has 0 saturated carbocycles. The molecule has 0 amide bonds. The molecule has 2 aromatic carbocycles. The van der Waals surface area contributed by atoms with Crippen molar-refractivity contribution >= 4 is 0 Å². The van der Waals surface area contributed by atoms with E-state index in [1.54, 1.807) is 6.20 Å². The van der Waals surface area contributed by atoms with Gasteiger partial charge in [-0.25, -0.2) is 0 Å². The third-order valence-corrected chi connectivity index (χ3v) is 3.64. The van der Waals surface area contributed by atoms with E-state index < -0.39 is 6.10 Å². The number of aromatic nitrogens is 2. The third-order valence-electron chi connectivity index (χ3n) is 3.64. The van der Waals surface area contributed by atoms with Gasteiger partial charge in [-0.1, -0.05) is 60.2 Å². The molecule has 3 nitrogen and oxygen atoms in total. The second-order valence-electron chi connectivity index (χ2n) is 5.27. The Balaban J connectivity index is 1.84. The highest BCUT2D eigenvalue weighted by molar-refractivity contribution is 5.62. The minimum absolute atomic E-state index is 0.568. The van der Waals surface area contributed by atoms with E-state index >= 15 is 0 Å². The Bertz CT molecular complexity index is 702. The van der Waals surface area contributed by atoms with Gasteiger partial charge in [0.05, 0.1) is 18.0 Å². The Morgan fingerprint density at radius 1 is 1.05 bits per heavy atom. The Kier molecular flexibility index (Phi) is 3.84.